The summed E-state index contributed by atoms with van der Waals surface area (Å²) in [6, 6.07) is 0. The van der Waals surface area contributed by atoms with E-state index in [9.17, 15) is 4.79 Å². The van der Waals surface area contributed by atoms with E-state index in [4.69, 9.17) is 5.11 Å². The number of fused-ring (bicyclic) bond motifs is 1. The van der Waals surface area contributed by atoms with Gasteiger partial charge < -0.3 is 5.11 Å². The van der Waals surface area contributed by atoms with Crippen LogP contribution in [0.1, 0.15) is 13.8 Å². The topological polar surface area (TPSA) is 80.9 Å². The first kappa shape index (κ1) is 11.8. The molecule has 0 aromatic carbocycles. The van der Waals surface area contributed by atoms with Gasteiger partial charge in [0.25, 0.3) is 0 Å². The lowest BCUT2D eigenvalue weighted by Crippen LogP contribution is -2.27. The molecule has 0 radical (unpaired) electrons. The highest BCUT2D eigenvalue weighted by Gasteiger charge is 2.30. The van der Waals surface area contributed by atoms with Gasteiger partial charge in [-0.25, -0.2) is 9.97 Å². The van der Waals surface area contributed by atoms with Gasteiger partial charge in [0.1, 0.15) is 16.1 Å². The third-order valence-electron chi connectivity index (χ3n) is 2.36. The minimum Gasteiger partial charge on any atom is -0.480 e. The van der Waals surface area contributed by atoms with Crippen molar-refractivity contribution in [2.75, 3.05) is 0 Å². The van der Waals surface area contributed by atoms with Crippen molar-refractivity contribution in [2.24, 2.45) is 7.05 Å². The molecule has 7 heteroatoms. The lowest BCUT2D eigenvalue weighted by Gasteiger charge is -2.17. The summed E-state index contributed by atoms with van der Waals surface area (Å²) in [6.07, 6.45) is 3.07. The number of hydrogen-bond acceptors (Lipinski definition) is 5. The number of nitrogens with zero attached hydrogens (tertiary/aromatic N) is 4. The van der Waals surface area contributed by atoms with E-state index >= 15 is 0 Å². The number of hydrogen-bond donors (Lipinski definition) is 1. The average molecular weight is 252 g/mol. The fraction of sp³-hybridized carbons (Fsp3) is 0.400. The maximum Gasteiger partial charge on any atom is 0.319 e. The first-order chi connectivity index (χ1) is 7.92. The zero-order chi connectivity index (χ0) is 12.6. The second-order valence-corrected chi connectivity index (χ2v) is 5.71. The zero-order valence-electron chi connectivity index (χ0n) is 9.71. The van der Waals surface area contributed by atoms with Crippen LogP contribution in [-0.4, -0.2) is 35.6 Å². The van der Waals surface area contributed by atoms with Gasteiger partial charge in [-0.15, -0.1) is 0 Å². The van der Waals surface area contributed by atoms with Crippen LogP contribution < -0.4 is 0 Å². The number of carbonyl (C=O) groups is 1. The minimum absolute atomic E-state index is 0.635. The summed E-state index contributed by atoms with van der Waals surface area (Å²) in [7, 11) is 1.78. The molecule has 2 aromatic heterocycles. The Morgan fingerprint density at radius 1 is 1.47 bits per heavy atom. The van der Waals surface area contributed by atoms with E-state index in [1.54, 1.807) is 31.8 Å². The Kier molecular flexibility index (Phi) is 2.78. The molecule has 0 fully saturated rings. The molecule has 90 valence electrons. The fourth-order valence-corrected chi connectivity index (χ4v) is 2.23. The van der Waals surface area contributed by atoms with Crippen molar-refractivity contribution in [3.63, 3.8) is 0 Å². The molecule has 0 aliphatic carbocycles. The molecule has 0 aliphatic heterocycles. The van der Waals surface area contributed by atoms with Crippen molar-refractivity contribution in [3.8, 4) is 0 Å². The summed E-state index contributed by atoms with van der Waals surface area (Å²) < 4.78 is 0.700. The van der Waals surface area contributed by atoms with Crippen LogP contribution in [-0.2, 0) is 11.8 Å². The van der Waals surface area contributed by atoms with E-state index in [1.165, 1.54) is 18.1 Å². The average Bonchev–Trinajstić information content (AvgIpc) is 2.61. The Bertz CT molecular complexity index is 579. The Morgan fingerprint density at radius 3 is 2.82 bits per heavy atom. The molecule has 2 rings (SSSR count). The number of rotatable bonds is 3. The number of carboxylic acids is 1. The highest BCUT2D eigenvalue weighted by molar-refractivity contribution is 8.01. The highest BCUT2D eigenvalue weighted by atomic mass is 32.2. The standard InChI is InChI=1S/C10H12N4O2S/c1-10(2,9(15)16)17-8-6-4-13-14(3)7(6)11-5-12-8/h4-5H,1-3H3,(H,15,16). The van der Waals surface area contributed by atoms with Crippen LogP contribution in [0.2, 0.25) is 0 Å². The maximum absolute atomic E-state index is 11.1. The number of carboxylic acid groups (broad SMARTS) is 1. The quantitative estimate of drug-likeness (QED) is 0.655. The van der Waals surface area contributed by atoms with Crippen molar-refractivity contribution >= 4 is 28.8 Å². The van der Waals surface area contributed by atoms with Crippen molar-refractivity contribution in [1.82, 2.24) is 19.7 Å². The van der Waals surface area contributed by atoms with Crippen LogP contribution >= 0.6 is 11.8 Å². The zero-order valence-corrected chi connectivity index (χ0v) is 10.5. The molecule has 0 bridgehead atoms. The van der Waals surface area contributed by atoms with Crippen molar-refractivity contribution in [2.45, 2.75) is 23.6 Å². The molecule has 0 unspecified atom stereocenters. The van der Waals surface area contributed by atoms with Crippen molar-refractivity contribution in [3.05, 3.63) is 12.5 Å². The highest BCUT2D eigenvalue weighted by Crippen LogP contribution is 2.34. The van der Waals surface area contributed by atoms with Crippen LogP contribution in [0.3, 0.4) is 0 Å². The second kappa shape index (κ2) is 3.99. The lowest BCUT2D eigenvalue weighted by molar-refractivity contribution is -0.138. The molecule has 1 N–H and O–H groups in total. The van der Waals surface area contributed by atoms with Gasteiger partial charge in [-0.1, -0.05) is 11.8 Å². The van der Waals surface area contributed by atoms with Gasteiger partial charge in [0, 0.05) is 7.05 Å². The molecule has 0 aliphatic rings. The molecule has 0 saturated heterocycles. The van der Waals surface area contributed by atoms with E-state index in [0.29, 0.717) is 10.7 Å². The predicted molar refractivity (Wildman–Crippen MR) is 63.9 cm³/mol. The van der Waals surface area contributed by atoms with E-state index in [2.05, 4.69) is 15.1 Å². The summed E-state index contributed by atoms with van der Waals surface area (Å²) in [5.74, 6) is -0.877. The maximum atomic E-state index is 11.1. The van der Waals surface area contributed by atoms with E-state index < -0.39 is 10.7 Å². The van der Waals surface area contributed by atoms with E-state index in [1.807, 2.05) is 0 Å². The SMILES string of the molecule is Cn1ncc2c(SC(C)(C)C(=O)O)ncnc21. The Labute approximate surface area is 102 Å². The molecule has 6 nitrogen and oxygen atoms in total. The van der Waals surface area contributed by atoms with Gasteiger partial charge in [-0.05, 0) is 13.8 Å². The molecule has 0 saturated carbocycles. The number of aryl methyl sites for hydroxylation is 1. The minimum atomic E-state index is -0.933. The van der Waals surface area contributed by atoms with Gasteiger partial charge in [0.2, 0.25) is 0 Å². The first-order valence-electron chi connectivity index (χ1n) is 4.97. The fourth-order valence-electron chi connectivity index (χ4n) is 1.31. The molecule has 17 heavy (non-hydrogen) atoms. The van der Waals surface area contributed by atoms with Crippen molar-refractivity contribution in [1.29, 1.82) is 0 Å². The molecule has 0 amide bonds. The number of aliphatic carboxylic acids is 1. The van der Waals surface area contributed by atoms with Crippen LogP contribution in [0.5, 0.6) is 0 Å². The Hall–Kier alpha value is -1.63. The number of thioether (sulfide) groups is 1. The summed E-state index contributed by atoms with van der Waals surface area (Å²) in [5.41, 5.74) is 0.698. The van der Waals surface area contributed by atoms with Gasteiger partial charge in [0.15, 0.2) is 5.65 Å². The summed E-state index contributed by atoms with van der Waals surface area (Å²) in [6.45, 7) is 3.29. The summed E-state index contributed by atoms with van der Waals surface area (Å²) in [4.78, 5) is 19.3. The van der Waals surface area contributed by atoms with Gasteiger partial charge in [-0.2, -0.15) is 5.10 Å². The largest absolute Gasteiger partial charge is 0.480 e. The van der Waals surface area contributed by atoms with Crippen LogP contribution in [0.15, 0.2) is 17.6 Å². The molecule has 2 aromatic rings. The third kappa shape index (κ3) is 2.10. The lowest BCUT2D eigenvalue weighted by atomic mass is 10.2. The van der Waals surface area contributed by atoms with E-state index in [0.717, 1.165) is 5.39 Å². The Morgan fingerprint density at radius 2 is 2.18 bits per heavy atom. The monoisotopic (exact) mass is 252 g/mol. The van der Waals surface area contributed by atoms with Crippen LogP contribution in [0.4, 0.5) is 0 Å². The molecular weight excluding hydrogens is 240 g/mol. The normalized spacial score (nSPS) is 11.9. The molecular formula is C10H12N4O2S. The third-order valence-corrected chi connectivity index (χ3v) is 3.56. The van der Waals surface area contributed by atoms with Crippen LogP contribution in [0, 0.1) is 0 Å². The van der Waals surface area contributed by atoms with Gasteiger partial charge >= 0.3 is 5.97 Å². The summed E-state index contributed by atoms with van der Waals surface area (Å²) >= 11 is 1.19. The summed E-state index contributed by atoms with van der Waals surface area (Å²) in [5, 5.41) is 14.6. The smallest absolute Gasteiger partial charge is 0.319 e. The Balaban J connectivity index is 2.46. The second-order valence-electron chi connectivity index (χ2n) is 4.10. The molecule has 0 atom stereocenters. The van der Waals surface area contributed by atoms with Crippen molar-refractivity contribution < 1.29 is 9.90 Å². The first-order valence-corrected chi connectivity index (χ1v) is 5.78. The van der Waals surface area contributed by atoms with E-state index in [-0.39, 0.29) is 0 Å². The van der Waals surface area contributed by atoms with Gasteiger partial charge in [-0.3, -0.25) is 9.48 Å². The van der Waals surface area contributed by atoms with Crippen LogP contribution in [0.25, 0.3) is 11.0 Å². The predicted octanol–water partition coefficient (Wildman–Crippen LogP) is 1.32. The molecule has 0 spiro atoms. The molecule has 2 heterocycles. The number of aromatic nitrogens is 4. The van der Waals surface area contributed by atoms with Gasteiger partial charge in [0.05, 0.1) is 11.6 Å².